The van der Waals surface area contributed by atoms with Crippen LogP contribution in [0.1, 0.15) is 75.5 Å². The van der Waals surface area contributed by atoms with E-state index in [1.165, 1.54) is 11.8 Å². The summed E-state index contributed by atoms with van der Waals surface area (Å²) >= 11 is 1.45. The van der Waals surface area contributed by atoms with Crippen molar-refractivity contribution in [2.75, 3.05) is 30.9 Å². The number of benzene rings is 2. The van der Waals surface area contributed by atoms with Crippen LogP contribution in [0.25, 0.3) is 0 Å². The molecule has 0 spiro atoms. The maximum Gasteiger partial charge on any atom is 0.410 e. The lowest BCUT2D eigenvalue weighted by molar-refractivity contribution is 0.0225. The lowest BCUT2D eigenvalue weighted by atomic mass is 10.0. The third kappa shape index (κ3) is 10.9. The molecule has 1 heterocycles. The molecule has 3 aromatic rings. The Kier molecular flexibility index (Phi) is 12.9. The van der Waals surface area contributed by atoms with E-state index in [1.807, 2.05) is 88.5 Å². The molecule has 0 N–H and O–H groups in total. The Morgan fingerprint density at radius 3 is 2.44 bits per heavy atom. The van der Waals surface area contributed by atoms with Crippen molar-refractivity contribution in [3.05, 3.63) is 77.6 Å². The van der Waals surface area contributed by atoms with Crippen LogP contribution in [0, 0.1) is 12.8 Å². The molecule has 1 atom stereocenters. The van der Waals surface area contributed by atoms with E-state index in [4.69, 9.17) is 9.47 Å². The number of ether oxygens (including phenoxy) is 2. The van der Waals surface area contributed by atoms with E-state index in [0.717, 1.165) is 24.1 Å². The Labute approximate surface area is 261 Å². The van der Waals surface area contributed by atoms with Gasteiger partial charge in [-0.05, 0) is 70.4 Å². The molecule has 43 heavy (non-hydrogen) atoms. The predicted octanol–water partition coefficient (Wildman–Crippen LogP) is 7.80. The highest BCUT2D eigenvalue weighted by Crippen LogP contribution is 2.25. The van der Waals surface area contributed by atoms with E-state index < -0.39 is 5.60 Å². The average Bonchev–Trinajstić information content (AvgIpc) is 2.98. The van der Waals surface area contributed by atoms with Crippen molar-refractivity contribution in [3.8, 4) is 5.75 Å². The molecule has 0 radical (unpaired) electrons. The number of anilines is 1. The molecule has 0 aliphatic carbocycles. The number of rotatable bonds is 14. The number of hydrogen-bond donors (Lipinski definition) is 0. The van der Waals surface area contributed by atoms with Crippen molar-refractivity contribution in [2.24, 2.45) is 5.92 Å². The lowest BCUT2D eigenvalue weighted by Crippen LogP contribution is -2.37. The minimum atomic E-state index is -0.580. The summed E-state index contributed by atoms with van der Waals surface area (Å²) in [5.74, 6) is 1.02. The second-order valence-electron chi connectivity index (χ2n) is 11.7. The molecular weight excluding hydrogens is 560 g/mol. The van der Waals surface area contributed by atoms with Crippen molar-refractivity contribution < 1.29 is 19.1 Å². The minimum absolute atomic E-state index is 0.125. The van der Waals surface area contributed by atoms with Crippen LogP contribution in [0.3, 0.4) is 0 Å². The third-order valence-corrected chi connectivity index (χ3v) is 7.56. The van der Waals surface area contributed by atoms with Crippen molar-refractivity contribution in [1.29, 1.82) is 0 Å². The second kappa shape index (κ2) is 16.3. The zero-order chi connectivity index (χ0) is 31.4. The number of carbonyl (C=O) groups is 2. The molecule has 232 valence electrons. The molecule has 2 aromatic carbocycles. The Bertz CT molecular complexity index is 1330. The van der Waals surface area contributed by atoms with Crippen LogP contribution in [0.15, 0.2) is 66.0 Å². The highest BCUT2D eigenvalue weighted by Gasteiger charge is 2.23. The Hall–Kier alpha value is -3.59. The summed E-state index contributed by atoms with van der Waals surface area (Å²) in [6, 6.07) is 17.5. The summed E-state index contributed by atoms with van der Waals surface area (Å²) in [5.41, 5.74) is 2.37. The first kappa shape index (κ1) is 33.9. The summed E-state index contributed by atoms with van der Waals surface area (Å²) in [6.07, 6.45) is 5.72. The predicted molar refractivity (Wildman–Crippen MR) is 174 cm³/mol. The Balaban J connectivity index is 1.71. The second-order valence-corrected chi connectivity index (χ2v) is 12.5. The first-order chi connectivity index (χ1) is 20.5. The van der Waals surface area contributed by atoms with Crippen LogP contribution in [0.4, 0.5) is 10.5 Å². The molecule has 0 bridgehead atoms. The minimum Gasteiger partial charge on any atom is -0.493 e. The Morgan fingerprint density at radius 1 is 1.05 bits per heavy atom. The topological polar surface area (TPSA) is 84.9 Å². The van der Waals surface area contributed by atoms with Crippen LogP contribution in [-0.4, -0.2) is 58.4 Å². The maximum atomic E-state index is 13.8. The van der Waals surface area contributed by atoms with Gasteiger partial charge in [-0.1, -0.05) is 68.4 Å². The number of aryl methyl sites for hydroxylation is 1. The molecule has 3 rings (SSSR count). The number of amides is 2. The SMILES string of the molecule is CCC(C)CCN(C(=O)c1cnc(SC)nc1C)c1cccc(OCCCN(Cc2ccccc2)C(=O)OC(C)(C)C)c1. The number of carbonyl (C=O) groups excluding carboxylic acids is 2. The summed E-state index contributed by atoms with van der Waals surface area (Å²) < 4.78 is 11.8. The fourth-order valence-electron chi connectivity index (χ4n) is 4.35. The highest BCUT2D eigenvalue weighted by molar-refractivity contribution is 7.98. The van der Waals surface area contributed by atoms with E-state index in [-0.39, 0.29) is 12.0 Å². The average molecular weight is 607 g/mol. The molecule has 1 unspecified atom stereocenters. The molecule has 0 aliphatic rings. The zero-order valence-electron chi connectivity index (χ0n) is 26.6. The van der Waals surface area contributed by atoms with Gasteiger partial charge in [0.15, 0.2) is 5.16 Å². The number of hydrogen-bond acceptors (Lipinski definition) is 7. The summed E-state index contributed by atoms with van der Waals surface area (Å²) in [5, 5.41) is 0.643. The van der Waals surface area contributed by atoms with Crippen molar-refractivity contribution in [1.82, 2.24) is 14.9 Å². The number of aromatic nitrogens is 2. The molecular formula is C34H46N4O4S. The fourth-order valence-corrected chi connectivity index (χ4v) is 4.74. The van der Waals surface area contributed by atoms with Crippen molar-refractivity contribution in [2.45, 2.75) is 78.1 Å². The molecule has 0 saturated heterocycles. The van der Waals surface area contributed by atoms with Gasteiger partial charge in [-0.3, -0.25) is 4.79 Å². The van der Waals surface area contributed by atoms with Gasteiger partial charge in [0.25, 0.3) is 5.91 Å². The maximum absolute atomic E-state index is 13.8. The van der Waals surface area contributed by atoms with Gasteiger partial charge in [0, 0.05) is 37.6 Å². The van der Waals surface area contributed by atoms with E-state index in [2.05, 4.69) is 23.8 Å². The van der Waals surface area contributed by atoms with Gasteiger partial charge in [0.2, 0.25) is 0 Å². The van der Waals surface area contributed by atoms with Crippen LogP contribution in [-0.2, 0) is 11.3 Å². The smallest absolute Gasteiger partial charge is 0.410 e. The van der Waals surface area contributed by atoms with E-state index in [0.29, 0.717) is 60.7 Å². The molecule has 9 heteroatoms. The molecule has 0 aliphatic heterocycles. The number of nitrogens with zero attached hydrogens (tertiary/aromatic N) is 4. The number of thioether (sulfide) groups is 1. The van der Waals surface area contributed by atoms with Gasteiger partial charge in [0.05, 0.1) is 17.9 Å². The first-order valence-electron chi connectivity index (χ1n) is 14.9. The summed E-state index contributed by atoms with van der Waals surface area (Å²) in [7, 11) is 0. The van der Waals surface area contributed by atoms with Crippen LogP contribution in [0.2, 0.25) is 0 Å². The van der Waals surface area contributed by atoms with Crippen LogP contribution in [0.5, 0.6) is 5.75 Å². The monoisotopic (exact) mass is 606 g/mol. The van der Waals surface area contributed by atoms with Gasteiger partial charge in [-0.2, -0.15) is 0 Å². The zero-order valence-corrected chi connectivity index (χ0v) is 27.4. The normalized spacial score (nSPS) is 12.0. The van der Waals surface area contributed by atoms with E-state index in [9.17, 15) is 9.59 Å². The quantitative estimate of drug-likeness (QED) is 0.105. The van der Waals surface area contributed by atoms with Gasteiger partial charge in [-0.25, -0.2) is 14.8 Å². The van der Waals surface area contributed by atoms with Gasteiger partial charge >= 0.3 is 6.09 Å². The fraction of sp³-hybridized carbons (Fsp3) is 0.471. The lowest BCUT2D eigenvalue weighted by Gasteiger charge is -2.27. The largest absolute Gasteiger partial charge is 0.493 e. The van der Waals surface area contributed by atoms with Gasteiger partial charge in [-0.15, -0.1) is 0 Å². The van der Waals surface area contributed by atoms with Crippen molar-refractivity contribution >= 4 is 29.4 Å². The summed E-state index contributed by atoms with van der Waals surface area (Å²) in [4.78, 5) is 39.1. The van der Waals surface area contributed by atoms with Crippen molar-refractivity contribution in [3.63, 3.8) is 0 Å². The third-order valence-electron chi connectivity index (χ3n) is 7.00. The molecule has 0 saturated carbocycles. The molecule has 2 amide bonds. The standard InChI is InChI=1S/C34H46N4O4S/c1-8-25(2)18-20-38(31(39)30-23-35-32(43-7)36-26(30)3)28-16-12-17-29(22-28)41-21-13-19-37(33(40)42-34(4,5)6)24-27-14-10-9-11-15-27/h9-12,14-17,22-23,25H,8,13,18-21,24H2,1-7H3. The first-order valence-corrected chi connectivity index (χ1v) is 16.2. The van der Waals surface area contributed by atoms with Gasteiger partial charge in [0.1, 0.15) is 11.4 Å². The molecule has 1 aromatic heterocycles. The summed E-state index contributed by atoms with van der Waals surface area (Å²) in [6.45, 7) is 13.7. The van der Waals surface area contributed by atoms with Crippen LogP contribution >= 0.6 is 11.8 Å². The highest BCUT2D eigenvalue weighted by atomic mass is 32.2. The van der Waals surface area contributed by atoms with Crippen LogP contribution < -0.4 is 9.64 Å². The van der Waals surface area contributed by atoms with E-state index >= 15 is 0 Å². The molecule has 0 fully saturated rings. The Morgan fingerprint density at radius 2 is 1.79 bits per heavy atom. The van der Waals surface area contributed by atoms with Gasteiger partial charge < -0.3 is 19.3 Å². The molecule has 8 nitrogen and oxygen atoms in total. The van der Waals surface area contributed by atoms with E-state index in [1.54, 1.807) is 16.0 Å².